The van der Waals surface area contributed by atoms with Crippen molar-refractivity contribution in [2.45, 2.75) is 6.04 Å². The third-order valence-corrected chi connectivity index (χ3v) is 4.15. The average molecular weight is 285 g/mol. The van der Waals surface area contributed by atoms with Crippen molar-refractivity contribution in [2.75, 3.05) is 0 Å². The van der Waals surface area contributed by atoms with E-state index in [9.17, 15) is 4.79 Å². The molecule has 4 rings (SSSR count). The van der Waals surface area contributed by atoms with Crippen molar-refractivity contribution in [3.05, 3.63) is 95.6 Å². The molecule has 0 radical (unpaired) electrons. The summed E-state index contributed by atoms with van der Waals surface area (Å²) >= 11 is 0. The number of carbonyl (C=O) groups is 1. The summed E-state index contributed by atoms with van der Waals surface area (Å²) in [6.07, 6.45) is 0. The van der Waals surface area contributed by atoms with E-state index in [1.807, 2.05) is 54.6 Å². The summed E-state index contributed by atoms with van der Waals surface area (Å²) < 4.78 is 0. The van der Waals surface area contributed by atoms with Crippen LogP contribution < -0.4 is 5.32 Å². The molecule has 106 valence electrons. The van der Waals surface area contributed by atoms with E-state index in [1.54, 1.807) is 0 Å². The van der Waals surface area contributed by atoms with Crippen LogP contribution in [0.1, 0.15) is 27.5 Å². The predicted octanol–water partition coefficient (Wildman–Crippen LogP) is 4.19. The van der Waals surface area contributed by atoms with E-state index in [2.05, 4.69) is 29.6 Å². The first-order valence-corrected chi connectivity index (χ1v) is 7.39. The summed E-state index contributed by atoms with van der Waals surface area (Å²) in [5.41, 5.74) is 5.42. The van der Waals surface area contributed by atoms with E-state index in [1.165, 1.54) is 11.1 Å². The van der Waals surface area contributed by atoms with Crippen molar-refractivity contribution >= 4 is 5.91 Å². The van der Waals surface area contributed by atoms with E-state index in [0.717, 1.165) is 11.1 Å². The van der Waals surface area contributed by atoms with Crippen molar-refractivity contribution in [1.29, 1.82) is 0 Å². The van der Waals surface area contributed by atoms with Crippen LogP contribution in [-0.2, 0) is 0 Å². The van der Waals surface area contributed by atoms with Gasteiger partial charge in [0.2, 0.25) is 0 Å². The summed E-state index contributed by atoms with van der Waals surface area (Å²) in [6.45, 7) is 0. The lowest BCUT2D eigenvalue weighted by Gasteiger charge is -2.16. The third-order valence-electron chi connectivity index (χ3n) is 4.15. The van der Waals surface area contributed by atoms with Gasteiger partial charge in [0.05, 0.1) is 6.04 Å². The average Bonchev–Trinajstić information content (AvgIpc) is 2.90. The van der Waals surface area contributed by atoms with Crippen LogP contribution in [0.15, 0.2) is 78.9 Å². The normalized spacial score (nSPS) is 12.5. The fraction of sp³-hybridized carbons (Fsp3) is 0.0500. The molecule has 3 aromatic carbocycles. The Morgan fingerprint density at radius 1 is 0.682 bits per heavy atom. The molecular weight excluding hydrogens is 270 g/mol. The summed E-state index contributed by atoms with van der Waals surface area (Å²) in [5, 5.41) is 3.17. The molecule has 0 fully saturated rings. The van der Waals surface area contributed by atoms with Gasteiger partial charge in [0.1, 0.15) is 0 Å². The van der Waals surface area contributed by atoms with Crippen LogP contribution in [0.5, 0.6) is 0 Å². The van der Waals surface area contributed by atoms with Gasteiger partial charge in [0.25, 0.3) is 5.91 Å². The second-order valence-corrected chi connectivity index (χ2v) is 5.45. The van der Waals surface area contributed by atoms with E-state index < -0.39 is 0 Å². The fourth-order valence-corrected chi connectivity index (χ4v) is 3.12. The molecule has 22 heavy (non-hydrogen) atoms. The van der Waals surface area contributed by atoms with Crippen molar-refractivity contribution in [1.82, 2.24) is 5.32 Å². The number of hydrogen-bond acceptors (Lipinski definition) is 1. The lowest BCUT2D eigenvalue weighted by atomic mass is 10.0. The summed E-state index contributed by atoms with van der Waals surface area (Å²) in [5.74, 6) is -0.0443. The molecule has 1 N–H and O–H groups in total. The van der Waals surface area contributed by atoms with Gasteiger partial charge < -0.3 is 5.32 Å². The SMILES string of the molecule is O=C(NC1c2ccccc2-c2ccccc21)c1ccccc1. The van der Waals surface area contributed by atoms with Crippen LogP contribution in [-0.4, -0.2) is 5.91 Å². The standard InChI is InChI=1S/C20H15NO/c22-20(14-8-2-1-3-9-14)21-19-17-12-6-4-10-15(17)16-11-5-7-13-18(16)19/h1-13,19H,(H,21,22). The maximum absolute atomic E-state index is 12.5. The highest BCUT2D eigenvalue weighted by Gasteiger charge is 2.29. The van der Waals surface area contributed by atoms with E-state index in [-0.39, 0.29) is 11.9 Å². The molecule has 0 bridgehead atoms. The van der Waals surface area contributed by atoms with Crippen molar-refractivity contribution in [3.8, 4) is 11.1 Å². The summed E-state index contributed by atoms with van der Waals surface area (Å²) in [6, 6.07) is 25.8. The minimum atomic E-state index is -0.0832. The van der Waals surface area contributed by atoms with E-state index in [0.29, 0.717) is 5.56 Å². The smallest absolute Gasteiger partial charge is 0.252 e. The van der Waals surface area contributed by atoms with Gasteiger partial charge in [-0.2, -0.15) is 0 Å². The van der Waals surface area contributed by atoms with Crippen molar-refractivity contribution < 1.29 is 4.79 Å². The summed E-state index contributed by atoms with van der Waals surface area (Å²) in [4.78, 5) is 12.5. The zero-order valence-corrected chi connectivity index (χ0v) is 12.0. The lowest BCUT2D eigenvalue weighted by molar-refractivity contribution is 0.0943. The molecule has 1 amide bonds. The van der Waals surface area contributed by atoms with Crippen molar-refractivity contribution in [3.63, 3.8) is 0 Å². The van der Waals surface area contributed by atoms with Gasteiger partial charge in [-0.05, 0) is 34.4 Å². The molecule has 0 aromatic heterocycles. The lowest BCUT2D eigenvalue weighted by Crippen LogP contribution is -2.28. The molecule has 1 aliphatic carbocycles. The molecule has 0 aliphatic heterocycles. The maximum atomic E-state index is 12.5. The Morgan fingerprint density at radius 2 is 1.18 bits per heavy atom. The minimum absolute atomic E-state index is 0.0443. The number of hydrogen-bond donors (Lipinski definition) is 1. The molecule has 0 unspecified atom stereocenters. The van der Waals surface area contributed by atoms with Crippen LogP contribution in [0.25, 0.3) is 11.1 Å². The molecule has 0 heterocycles. The van der Waals surface area contributed by atoms with Crippen LogP contribution >= 0.6 is 0 Å². The quantitative estimate of drug-likeness (QED) is 0.751. The molecule has 0 saturated heterocycles. The number of carbonyl (C=O) groups excluding carboxylic acids is 1. The van der Waals surface area contributed by atoms with Gasteiger partial charge in [-0.15, -0.1) is 0 Å². The fourth-order valence-electron chi connectivity index (χ4n) is 3.12. The van der Waals surface area contributed by atoms with Crippen LogP contribution in [0, 0.1) is 0 Å². The Hall–Kier alpha value is -2.87. The molecule has 0 atom stereocenters. The van der Waals surface area contributed by atoms with Gasteiger partial charge in [-0.3, -0.25) is 4.79 Å². The molecule has 1 aliphatic rings. The minimum Gasteiger partial charge on any atom is -0.341 e. The molecular formula is C20H15NO. The first-order valence-electron chi connectivity index (χ1n) is 7.39. The van der Waals surface area contributed by atoms with E-state index >= 15 is 0 Å². The zero-order valence-electron chi connectivity index (χ0n) is 12.0. The van der Waals surface area contributed by atoms with Crippen LogP contribution in [0.3, 0.4) is 0 Å². The van der Waals surface area contributed by atoms with Gasteiger partial charge in [-0.25, -0.2) is 0 Å². The number of benzene rings is 3. The maximum Gasteiger partial charge on any atom is 0.252 e. The first-order chi connectivity index (χ1) is 10.8. The Kier molecular flexibility index (Phi) is 3.01. The predicted molar refractivity (Wildman–Crippen MR) is 87.6 cm³/mol. The molecule has 0 saturated carbocycles. The Bertz CT molecular complexity index is 794. The highest BCUT2D eigenvalue weighted by molar-refractivity contribution is 5.95. The molecule has 2 heteroatoms. The highest BCUT2D eigenvalue weighted by atomic mass is 16.1. The second kappa shape index (κ2) is 5.15. The van der Waals surface area contributed by atoms with Crippen LogP contribution in [0.2, 0.25) is 0 Å². The van der Waals surface area contributed by atoms with Gasteiger partial charge in [0.15, 0.2) is 0 Å². The Morgan fingerprint density at radius 3 is 1.77 bits per heavy atom. The van der Waals surface area contributed by atoms with Gasteiger partial charge in [0, 0.05) is 5.56 Å². The zero-order chi connectivity index (χ0) is 14.9. The summed E-state index contributed by atoms with van der Waals surface area (Å²) in [7, 11) is 0. The second-order valence-electron chi connectivity index (χ2n) is 5.45. The Balaban J connectivity index is 1.74. The van der Waals surface area contributed by atoms with Gasteiger partial charge >= 0.3 is 0 Å². The highest BCUT2D eigenvalue weighted by Crippen LogP contribution is 2.43. The molecule has 3 aromatic rings. The molecule has 2 nitrogen and oxygen atoms in total. The first kappa shape index (κ1) is 12.8. The number of rotatable bonds is 2. The third kappa shape index (κ3) is 2.01. The van der Waals surface area contributed by atoms with Crippen molar-refractivity contribution in [2.24, 2.45) is 0 Å². The topological polar surface area (TPSA) is 29.1 Å². The largest absolute Gasteiger partial charge is 0.341 e. The van der Waals surface area contributed by atoms with E-state index in [4.69, 9.17) is 0 Å². The van der Waals surface area contributed by atoms with Crippen LogP contribution in [0.4, 0.5) is 0 Å². The number of nitrogens with one attached hydrogen (secondary N) is 1. The monoisotopic (exact) mass is 285 g/mol. The Labute approximate surface area is 129 Å². The van der Waals surface area contributed by atoms with Gasteiger partial charge in [-0.1, -0.05) is 66.7 Å². The number of fused-ring (bicyclic) bond motifs is 3. The number of amides is 1. The molecule has 0 spiro atoms.